The summed E-state index contributed by atoms with van der Waals surface area (Å²) in [5.41, 5.74) is 4.80. The van der Waals surface area contributed by atoms with Crippen molar-refractivity contribution in [1.82, 2.24) is 15.0 Å². The van der Waals surface area contributed by atoms with E-state index in [0.717, 1.165) is 31.0 Å². The van der Waals surface area contributed by atoms with Gasteiger partial charge in [-0.15, -0.1) is 5.10 Å². The van der Waals surface area contributed by atoms with Crippen LogP contribution in [0, 0.1) is 19.8 Å². The molecule has 1 heterocycles. The molecule has 2 rings (SSSR count). The van der Waals surface area contributed by atoms with Crippen molar-refractivity contribution in [2.75, 3.05) is 6.61 Å². The Morgan fingerprint density at radius 3 is 2.52 bits per heavy atom. The lowest BCUT2D eigenvalue weighted by Crippen LogP contribution is -2.10. The summed E-state index contributed by atoms with van der Waals surface area (Å²) >= 11 is 0. The first-order valence-corrected chi connectivity index (χ1v) is 8.53. The molecule has 126 valence electrons. The number of hydrogen-bond donors (Lipinski definition) is 0. The molecule has 0 aliphatic rings. The van der Waals surface area contributed by atoms with E-state index in [1.165, 1.54) is 16.7 Å². The molecule has 0 aliphatic heterocycles. The molecule has 0 spiro atoms. The van der Waals surface area contributed by atoms with Crippen molar-refractivity contribution < 1.29 is 4.74 Å². The third-order valence-corrected chi connectivity index (χ3v) is 3.97. The van der Waals surface area contributed by atoms with E-state index in [9.17, 15) is 0 Å². The van der Waals surface area contributed by atoms with Gasteiger partial charge in [-0.3, -0.25) is 4.68 Å². The van der Waals surface area contributed by atoms with Gasteiger partial charge in [-0.05, 0) is 50.2 Å². The van der Waals surface area contributed by atoms with Crippen LogP contribution in [0.5, 0.6) is 5.75 Å². The van der Waals surface area contributed by atoms with Gasteiger partial charge in [0, 0.05) is 12.7 Å². The minimum absolute atomic E-state index is 0.345. The Kier molecular flexibility index (Phi) is 5.80. The van der Waals surface area contributed by atoms with Crippen LogP contribution in [0.4, 0.5) is 0 Å². The second-order valence-electron chi connectivity index (χ2n) is 6.88. The topological polar surface area (TPSA) is 39.9 Å². The van der Waals surface area contributed by atoms with Crippen LogP contribution in [0.2, 0.25) is 0 Å². The van der Waals surface area contributed by atoms with Gasteiger partial charge in [0.25, 0.3) is 0 Å². The lowest BCUT2D eigenvalue weighted by molar-refractivity contribution is 0.265. The summed E-state index contributed by atoms with van der Waals surface area (Å²) in [6.07, 6.45) is 2.91. The van der Waals surface area contributed by atoms with Gasteiger partial charge >= 0.3 is 0 Å². The summed E-state index contributed by atoms with van der Waals surface area (Å²) in [6, 6.07) is 4.44. The van der Waals surface area contributed by atoms with Gasteiger partial charge in [0.2, 0.25) is 0 Å². The normalized spacial score (nSPS) is 12.7. The van der Waals surface area contributed by atoms with E-state index in [4.69, 9.17) is 4.74 Å². The number of ether oxygens (including phenoxy) is 1. The first-order chi connectivity index (χ1) is 10.9. The SMILES string of the molecule is CCn1cc(CC(C)c2cc(C)cc(C)c2OCC(C)C)nn1. The maximum Gasteiger partial charge on any atom is 0.125 e. The van der Waals surface area contributed by atoms with E-state index in [1.807, 2.05) is 10.9 Å². The number of aryl methyl sites for hydroxylation is 3. The average Bonchev–Trinajstić information content (AvgIpc) is 2.92. The molecular formula is C19H29N3O. The Bertz CT molecular complexity index is 646. The third kappa shape index (κ3) is 4.57. The Morgan fingerprint density at radius 2 is 1.91 bits per heavy atom. The quantitative estimate of drug-likeness (QED) is 0.765. The highest BCUT2D eigenvalue weighted by atomic mass is 16.5. The standard InChI is InChI=1S/C19H29N3O/c1-7-22-11-17(20-21-22)10-15(5)18-9-14(4)8-16(6)19(18)23-12-13(2)3/h8-9,11,13,15H,7,10,12H2,1-6H3. The van der Waals surface area contributed by atoms with E-state index in [0.29, 0.717) is 11.8 Å². The molecule has 0 radical (unpaired) electrons. The van der Waals surface area contributed by atoms with Crippen LogP contribution >= 0.6 is 0 Å². The molecule has 2 aromatic rings. The predicted octanol–water partition coefficient (Wildman–Crippen LogP) is 4.30. The van der Waals surface area contributed by atoms with Gasteiger partial charge in [-0.25, -0.2) is 0 Å². The van der Waals surface area contributed by atoms with Crippen molar-refractivity contribution in [2.24, 2.45) is 5.92 Å². The lowest BCUT2D eigenvalue weighted by Gasteiger charge is -2.20. The van der Waals surface area contributed by atoms with E-state index in [2.05, 4.69) is 64.0 Å². The fourth-order valence-electron chi connectivity index (χ4n) is 2.81. The monoisotopic (exact) mass is 315 g/mol. The number of rotatable bonds is 7. The Morgan fingerprint density at radius 1 is 1.17 bits per heavy atom. The molecule has 1 atom stereocenters. The van der Waals surface area contributed by atoms with Crippen LogP contribution in [0.15, 0.2) is 18.3 Å². The molecule has 4 heteroatoms. The second kappa shape index (κ2) is 7.62. The van der Waals surface area contributed by atoms with Crippen molar-refractivity contribution >= 4 is 0 Å². The molecule has 0 saturated heterocycles. The average molecular weight is 315 g/mol. The van der Waals surface area contributed by atoms with Crippen LogP contribution in [0.1, 0.15) is 56.0 Å². The predicted molar refractivity (Wildman–Crippen MR) is 94.1 cm³/mol. The van der Waals surface area contributed by atoms with Crippen LogP contribution in [-0.4, -0.2) is 21.6 Å². The minimum Gasteiger partial charge on any atom is -0.493 e. The highest BCUT2D eigenvalue weighted by molar-refractivity contribution is 5.46. The van der Waals surface area contributed by atoms with Crippen molar-refractivity contribution in [3.8, 4) is 5.75 Å². The Balaban J connectivity index is 2.24. The van der Waals surface area contributed by atoms with Crippen LogP contribution in [0.3, 0.4) is 0 Å². The molecule has 0 amide bonds. The van der Waals surface area contributed by atoms with E-state index in [-0.39, 0.29) is 0 Å². The van der Waals surface area contributed by atoms with Crippen LogP contribution < -0.4 is 4.74 Å². The second-order valence-corrected chi connectivity index (χ2v) is 6.88. The van der Waals surface area contributed by atoms with Crippen LogP contribution in [0.25, 0.3) is 0 Å². The molecule has 1 aromatic carbocycles. The fourth-order valence-corrected chi connectivity index (χ4v) is 2.81. The lowest BCUT2D eigenvalue weighted by atomic mass is 9.92. The molecule has 4 nitrogen and oxygen atoms in total. The number of nitrogens with zero attached hydrogens (tertiary/aromatic N) is 3. The smallest absolute Gasteiger partial charge is 0.125 e. The molecule has 1 aromatic heterocycles. The number of aromatic nitrogens is 3. The highest BCUT2D eigenvalue weighted by Gasteiger charge is 2.17. The molecule has 0 saturated carbocycles. The maximum atomic E-state index is 6.13. The molecule has 0 aliphatic carbocycles. The van der Waals surface area contributed by atoms with E-state index in [1.54, 1.807) is 0 Å². The van der Waals surface area contributed by atoms with E-state index < -0.39 is 0 Å². The summed E-state index contributed by atoms with van der Waals surface area (Å²) in [5.74, 6) is 1.90. The largest absolute Gasteiger partial charge is 0.493 e. The first kappa shape index (κ1) is 17.5. The molecule has 0 N–H and O–H groups in total. The number of hydrogen-bond acceptors (Lipinski definition) is 3. The minimum atomic E-state index is 0.345. The number of benzene rings is 1. The molecule has 1 unspecified atom stereocenters. The molecular weight excluding hydrogens is 286 g/mol. The van der Waals surface area contributed by atoms with Gasteiger partial charge in [-0.2, -0.15) is 0 Å². The zero-order chi connectivity index (χ0) is 17.0. The fraction of sp³-hybridized carbons (Fsp3) is 0.579. The highest BCUT2D eigenvalue weighted by Crippen LogP contribution is 2.33. The zero-order valence-corrected chi connectivity index (χ0v) is 15.3. The van der Waals surface area contributed by atoms with Crippen molar-refractivity contribution in [1.29, 1.82) is 0 Å². The first-order valence-electron chi connectivity index (χ1n) is 8.53. The van der Waals surface area contributed by atoms with Crippen molar-refractivity contribution in [3.05, 3.63) is 40.7 Å². The van der Waals surface area contributed by atoms with Gasteiger partial charge in [0.1, 0.15) is 5.75 Å². The summed E-state index contributed by atoms with van der Waals surface area (Å²) < 4.78 is 8.00. The van der Waals surface area contributed by atoms with Gasteiger partial charge in [-0.1, -0.05) is 43.7 Å². The maximum absolute atomic E-state index is 6.13. The van der Waals surface area contributed by atoms with Crippen molar-refractivity contribution in [3.63, 3.8) is 0 Å². The zero-order valence-electron chi connectivity index (χ0n) is 15.3. The summed E-state index contributed by atoms with van der Waals surface area (Å²) in [6.45, 7) is 14.5. The van der Waals surface area contributed by atoms with E-state index >= 15 is 0 Å². The third-order valence-electron chi connectivity index (χ3n) is 3.97. The summed E-state index contributed by atoms with van der Waals surface area (Å²) in [5, 5.41) is 8.41. The molecule has 0 bridgehead atoms. The van der Waals surface area contributed by atoms with Gasteiger partial charge in [0.05, 0.1) is 12.3 Å². The Labute approximate surface area is 139 Å². The molecule has 23 heavy (non-hydrogen) atoms. The Hall–Kier alpha value is -1.84. The van der Waals surface area contributed by atoms with Crippen LogP contribution in [-0.2, 0) is 13.0 Å². The summed E-state index contributed by atoms with van der Waals surface area (Å²) in [7, 11) is 0. The summed E-state index contributed by atoms with van der Waals surface area (Å²) in [4.78, 5) is 0. The molecule has 0 fully saturated rings. The van der Waals surface area contributed by atoms with Gasteiger partial charge in [0.15, 0.2) is 0 Å². The van der Waals surface area contributed by atoms with Gasteiger partial charge < -0.3 is 4.74 Å². The van der Waals surface area contributed by atoms with Crippen molar-refractivity contribution in [2.45, 2.75) is 60.4 Å².